The minimum atomic E-state index is 0.336. The molecule has 2 aliphatic rings. The minimum absolute atomic E-state index is 0.336. The fourth-order valence-corrected chi connectivity index (χ4v) is 3.92. The van der Waals surface area contributed by atoms with Crippen molar-refractivity contribution in [3.63, 3.8) is 0 Å². The van der Waals surface area contributed by atoms with Gasteiger partial charge in [0.2, 0.25) is 0 Å². The second-order valence-electron chi connectivity index (χ2n) is 6.65. The van der Waals surface area contributed by atoms with Gasteiger partial charge in [0.05, 0.1) is 6.07 Å². The molecule has 1 heteroatoms. The lowest BCUT2D eigenvalue weighted by Crippen LogP contribution is -2.20. The summed E-state index contributed by atoms with van der Waals surface area (Å²) in [6, 6.07) is 2.52. The van der Waals surface area contributed by atoms with Gasteiger partial charge in [-0.3, -0.25) is 0 Å². The molecular weight excluding hydrogens is 206 g/mol. The van der Waals surface area contributed by atoms with Crippen LogP contribution in [0.4, 0.5) is 0 Å². The average molecular weight is 233 g/mol. The van der Waals surface area contributed by atoms with Crippen LogP contribution in [-0.4, -0.2) is 0 Å². The van der Waals surface area contributed by atoms with Crippen molar-refractivity contribution in [2.24, 2.45) is 29.6 Å². The summed E-state index contributed by atoms with van der Waals surface area (Å²) in [7, 11) is 0. The second-order valence-corrected chi connectivity index (χ2v) is 6.65. The number of nitriles is 1. The zero-order chi connectivity index (χ0) is 12.3. The standard InChI is InChI=1S/C16H27N/c1-12-3-6-14(7-4-12)15-8-5-13(2)16(11-17)10-9-15/h12-16H,3-10H2,1-2H3/t12?,13?,14?,15?,16-/m0/s1. The van der Waals surface area contributed by atoms with Crippen molar-refractivity contribution in [3.8, 4) is 6.07 Å². The van der Waals surface area contributed by atoms with E-state index < -0.39 is 0 Å². The van der Waals surface area contributed by atoms with Gasteiger partial charge in [0, 0.05) is 5.92 Å². The first kappa shape index (κ1) is 12.9. The van der Waals surface area contributed by atoms with Crippen molar-refractivity contribution < 1.29 is 0 Å². The van der Waals surface area contributed by atoms with E-state index in [0.717, 1.165) is 24.2 Å². The van der Waals surface area contributed by atoms with Crippen LogP contribution in [0.5, 0.6) is 0 Å². The van der Waals surface area contributed by atoms with Crippen LogP contribution in [0.3, 0.4) is 0 Å². The number of nitrogens with zero attached hydrogens (tertiary/aromatic N) is 1. The predicted octanol–water partition coefficient (Wildman–Crippen LogP) is 4.78. The van der Waals surface area contributed by atoms with E-state index >= 15 is 0 Å². The quantitative estimate of drug-likeness (QED) is 0.598. The molecule has 0 spiro atoms. The van der Waals surface area contributed by atoms with Gasteiger partial charge in [-0.15, -0.1) is 0 Å². The predicted molar refractivity (Wildman–Crippen MR) is 71.3 cm³/mol. The van der Waals surface area contributed by atoms with E-state index in [-0.39, 0.29) is 0 Å². The van der Waals surface area contributed by atoms with Crippen LogP contribution >= 0.6 is 0 Å². The van der Waals surface area contributed by atoms with Gasteiger partial charge in [-0.25, -0.2) is 0 Å². The summed E-state index contributed by atoms with van der Waals surface area (Å²) in [4.78, 5) is 0. The molecule has 2 aliphatic carbocycles. The molecule has 1 nitrogen and oxygen atoms in total. The number of rotatable bonds is 1. The van der Waals surface area contributed by atoms with Gasteiger partial charge in [-0.2, -0.15) is 5.26 Å². The van der Waals surface area contributed by atoms with E-state index in [0.29, 0.717) is 11.8 Å². The maximum atomic E-state index is 9.17. The summed E-state index contributed by atoms with van der Waals surface area (Å²) in [5.41, 5.74) is 0. The van der Waals surface area contributed by atoms with Crippen molar-refractivity contribution in [1.29, 1.82) is 5.26 Å². The Labute approximate surface area is 107 Å². The third-order valence-electron chi connectivity index (χ3n) is 5.42. The highest BCUT2D eigenvalue weighted by Crippen LogP contribution is 2.41. The SMILES string of the molecule is CC1CCC(C2CCC(C)[C@H](C#N)CC2)CC1. The zero-order valence-corrected chi connectivity index (χ0v) is 11.5. The second kappa shape index (κ2) is 5.89. The lowest BCUT2D eigenvalue weighted by atomic mass is 9.74. The summed E-state index contributed by atoms with van der Waals surface area (Å²) in [6.45, 7) is 4.68. The largest absolute Gasteiger partial charge is 0.198 e. The summed E-state index contributed by atoms with van der Waals surface area (Å²) in [6.07, 6.45) is 11.0. The van der Waals surface area contributed by atoms with E-state index in [2.05, 4.69) is 19.9 Å². The van der Waals surface area contributed by atoms with Gasteiger partial charge in [0.25, 0.3) is 0 Å². The van der Waals surface area contributed by atoms with Crippen LogP contribution in [0.15, 0.2) is 0 Å². The van der Waals surface area contributed by atoms with Gasteiger partial charge in [-0.05, 0) is 62.2 Å². The summed E-state index contributed by atoms with van der Waals surface area (Å²) in [5.74, 6) is 3.84. The number of hydrogen-bond acceptors (Lipinski definition) is 1. The van der Waals surface area contributed by atoms with E-state index in [1.54, 1.807) is 0 Å². The maximum Gasteiger partial charge on any atom is 0.0658 e. The van der Waals surface area contributed by atoms with E-state index in [1.807, 2.05) is 0 Å². The minimum Gasteiger partial charge on any atom is -0.198 e. The smallest absolute Gasteiger partial charge is 0.0658 e. The van der Waals surface area contributed by atoms with Crippen molar-refractivity contribution in [3.05, 3.63) is 0 Å². The number of hydrogen-bond donors (Lipinski definition) is 0. The highest BCUT2D eigenvalue weighted by molar-refractivity contribution is 4.90. The molecule has 0 saturated heterocycles. The van der Waals surface area contributed by atoms with Crippen LogP contribution in [-0.2, 0) is 0 Å². The van der Waals surface area contributed by atoms with Crippen LogP contribution < -0.4 is 0 Å². The Morgan fingerprint density at radius 2 is 1.29 bits per heavy atom. The Morgan fingerprint density at radius 1 is 0.765 bits per heavy atom. The van der Waals surface area contributed by atoms with Crippen molar-refractivity contribution >= 4 is 0 Å². The zero-order valence-electron chi connectivity index (χ0n) is 11.5. The molecule has 0 radical (unpaired) electrons. The first-order chi connectivity index (χ1) is 8.20. The molecular formula is C16H27N. The molecule has 0 aromatic rings. The highest BCUT2D eigenvalue weighted by atomic mass is 14.4. The molecule has 0 N–H and O–H groups in total. The molecule has 2 saturated carbocycles. The van der Waals surface area contributed by atoms with Crippen LogP contribution in [0, 0.1) is 40.9 Å². The van der Waals surface area contributed by atoms with E-state index in [4.69, 9.17) is 5.26 Å². The topological polar surface area (TPSA) is 23.8 Å². The lowest BCUT2D eigenvalue weighted by molar-refractivity contribution is 0.195. The third kappa shape index (κ3) is 3.24. The first-order valence-electron chi connectivity index (χ1n) is 7.60. The van der Waals surface area contributed by atoms with E-state index in [9.17, 15) is 0 Å². The molecule has 3 atom stereocenters. The normalized spacial score (nSPS) is 43.7. The molecule has 2 unspecified atom stereocenters. The molecule has 96 valence electrons. The third-order valence-corrected chi connectivity index (χ3v) is 5.42. The first-order valence-corrected chi connectivity index (χ1v) is 7.60. The maximum absolute atomic E-state index is 9.17. The van der Waals surface area contributed by atoms with Gasteiger partial charge in [0.15, 0.2) is 0 Å². The fourth-order valence-electron chi connectivity index (χ4n) is 3.92. The molecule has 0 aliphatic heterocycles. The highest BCUT2D eigenvalue weighted by Gasteiger charge is 2.30. The van der Waals surface area contributed by atoms with Crippen LogP contribution in [0.25, 0.3) is 0 Å². The molecule has 0 amide bonds. The Bertz CT molecular complexity index is 270. The van der Waals surface area contributed by atoms with Crippen LogP contribution in [0.2, 0.25) is 0 Å². The Hall–Kier alpha value is -0.510. The summed E-state index contributed by atoms with van der Waals surface area (Å²) in [5, 5.41) is 9.17. The Kier molecular flexibility index (Phi) is 4.48. The molecule has 2 rings (SSSR count). The molecule has 17 heavy (non-hydrogen) atoms. The summed E-state index contributed by atoms with van der Waals surface area (Å²) >= 11 is 0. The van der Waals surface area contributed by atoms with Gasteiger partial charge in [0.1, 0.15) is 0 Å². The molecule has 0 aromatic carbocycles. The Balaban J connectivity index is 1.88. The fraction of sp³-hybridized carbons (Fsp3) is 0.938. The van der Waals surface area contributed by atoms with Gasteiger partial charge >= 0.3 is 0 Å². The van der Waals surface area contributed by atoms with Crippen molar-refractivity contribution in [1.82, 2.24) is 0 Å². The van der Waals surface area contributed by atoms with Gasteiger partial charge in [-0.1, -0.05) is 26.7 Å². The lowest BCUT2D eigenvalue weighted by Gasteiger charge is -2.32. The molecule has 2 fully saturated rings. The summed E-state index contributed by atoms with van der Waals surface area (Å²) < 4.78 is 0. The van der Waals surface area contributed by atoms with E-state index in [1.165, 1.54) is 44.9 Å². The Morgan fingerprint density at radius 3 is 1.88 bits per heavy atom. The molecule has 0 bridgehead atoms. The average Bonchev–Trinajstić information content (AvgIpc) is 2.52. The van der Waals surface area contributed by atoms with Crippen molar-refractivity contribution in [2.45, 2.75) is 65.2 Å². The molecule has 0 aromatic heterocycles. The molecule has 0 heterocycles. The van der Waals surface area contributed by atoms with Crippen molar-refractivity contribution in [2.75, 3.05) is 0 Å². The van der Waals surface area contributed by atoms with Crippen LogP contribution in [0.1, 0.15) is 65.2 Å². The monoisotopic (exact) mass is 233 g/mol. The van der Waals surface area contributed by atoms with Gasteiger partial charge < -0.3 is 0 Å².